The number of nitrogens with one attached hydrogen (secondary N) is 2. The molecule has 5 rings (SSSR count). The van der Waals surface area contributed by atoms with Gasteiger partial charge in [-0.15, -0.1) is 12.4 Å². The Balaban J connectivity index is 0.00000289. The summed E-state index contributed by atoms with van der Waals surface area (Å²) in [6.45, 7) is 2.02. The summed E-state index contributed by atoms with van der Waals surface area (Å²) >= 11 is 0. The molecule has 180 valence electrons. The molecule has 35 heavy (non-hydrogen) atoms. The molecular formula is C28H29ClN4O2. The van der Waals surface area contributed by atoms with E-state index in [9.17, 15) is 4.79 Å². The molecule has 1 fully saturated rings. The van der Waals surface area contributed by atoms with Crippen molar-refractivity contribution in [2.24, 2.45) is 0 Å². The average molecular weight is 489 g/mol. The second-order valence-corrected chi connectivity index (χ2v) is 8.83. The normalized spacial score (nSPS) is 17.3. The Labute approximate surface area is 211 Å². The van der Waals surface area contributed by atoms with Gasteiger partial charge in [-0.3, -0.25) is 4.79 Å². The zero-order valence-electron chi connectivity index (χ0n) is 19.6. The molecule has 1 aliphatic rings. The van der Waals surface area contributed by atoms with Crippen molar-refractivity contribution in [3.8, 4) is 11.6 Å². The van der Waals surface area contributed by atoms with E-state index in [1.807, 2.05) is 55.5 Å². The van der Waals surface area contributed by atoms with Crippen molar-refractivity contribution in [3.63, 3.8) is 0 Å². The monoisotopic (exact) mass is 488 g/mol. The van der Waals surface area contributed by atoms with Crippen LogP contribution >= 0.6 is 12.4 Å². The number of amides is 1. The number of nitrogens with zero attached hydrogens (tertiary/aromatic N) is 2. The fourth-order valence-corrected chi connectivity index (χ4v) is 4.36. The minimum absolute atomic E-state index is 0. The topological polar surface area (TPSA) is 76.1 Å². The Bertz CT molecular complexity index is 1290. The van der Waals surface area contributed by atoms with Gasteiger partial charge in [0.05, 0.1) is 5.52 Å². The number of anilines is 1. The Hall–Kier alpha value is -3.64. The summed E-state index contributed by atoms with van der Waals surface area (Å²) in [5.41, 5.74) is 2.59. The van der Waals surface area contributed by atoms with Crippen LogP contribution in [0.5, 0.6) is 11.6 Å². The number of fused-ring (bicyclic) bond motifs is 1. The van der Waals surface area contributed by atoms with Gasteiger partial charge in [-0.1, -0.05) is 35.9 Å². The van der Waals surface area contributed by atoms with Crippen molar-refractivity contribution in [1.29, 1.82) is 0 Å². The molecule has 4 aromatic rings. The second-order valence-electron chi connectivity index (χ2n) is 8.83. The molecule has 1 saturated carbocycles. The van der Waals surface area contributed by atoms with Gasteiger partial charge in [0.1, 0.15) is 17.1 Å². The minimum atomic E-state index is -0.150. The predicted molar refractivity (Wildman–Crippen MR) is 142 cm³/mol. The van der Waals surface area contributed by atoms with Crippen molar-refractivity contribution in [3.05, 3.63) is 90.1 Å². The Morgan fingerprint density at radius 1 is 0.886 bits per heavy atom. The third-order valence-corrected chi connectivity index (χ3v) is 6.26. The smallest absolute Gasteiger partial charge is 0.257 e. The molecule has 0 atom stereocenters. The van der Waals surface area contributed by atoms with Gasteiger partial charge in [0.25, 0.3) is 5.91 Å². The van der Waals surface area contributed by atoms with Crippen molar-refractivity contribution in [2.45, 2.75) is 44.7 Å². The lowest BCUT2D eigenvalue weighted by Crippen LogP contribution is -2.40. The molecule has 0 radical (unpaired) electrons. The Morgan fingerprint density at radius 3 is 2.43 bits per heavy atom. The number of para-hydroxylation sites is 1. The van der Waals surface area contributed by atoms with Gasteiger partial charge in [-0.2, -0.15) is 0 Å². The summed E-state index contributed by atoms with van der Waals surface area (Å²) in [7, 11) is 0. The van der Waals surface area contributed by atoms with Crippen molar-refractivity contribution >= 4 is 35.0 Å². The fourth-order valence-electron chi connectivity index (χ4n) is 4.36. The summed E-state index contributed by atoms with van der Waals surface area (Å²) in [6.07, 6.45) is 5.40. The summed E-state index contributed by atoms with van der Waals surface area (Å²) in [6, 6.07) is 23.9. The van der Waals surface area contributed by atoms with Crippen LogP contribution in [-0.2, 0) is 0 Å². The van der Waals surface area contributed by atoms with Crippen LogP contribution in [0.4, 0.5) is 5.82 Å². The number of benzene rings is 2. The van der Waals surface area contributed by atoms with Gasteiger partial charge in [-0.05, 0) is 75.1 Å². The molecule has 2 heterocycles. The lowest BCUT2D eigenvalue weighted by molar-refractivity contribution is 0.0923. The molecule has 6 nitrogen and oxygen atoms in total. The quantitative estimate of drug-likeness (QED) is 0.333. The minimum Gasteiger partial charge on any atom is -0.438 e. The van der Waals surface area contributed by atoms with Gasteiger partial charge in [-0.25, -0.2) is 9.97 Å². The van der Waals surface area contributed by atoms with Gasteiger partial charge in [0.15, 0.2) is 0 Å². The van der Waals surface area contributed by atoms with Crippen LogP contribution in [0, 0.1) is 6.92 Å². The summed E-state index contributed by atoms with van der Waals surface area (Å²) < 4.78 is 5.90. The lowest BCUT2D eigenvalue weighted by Gasteiger charge is -2.30. The lowest BCUT2D eigenvalue weighted by atomic mass is 9.91. The van der Waals surface area contributed by atoms with Crippen molar-refractivity contribution < 1.29 is 9.53 Å². The number of hydrogen-bond acceptors (Lipinski definition) is 5. The van der Waals surface area contributed by atoms with E-state index in [2.05, 4.69) is 27.8 Å². The second kappa shape index (κ2) is 11.2. The van der Waals surface area contributed by atoms with Crippen molar-refractivity contribution in [2.75, 3.05) is 5.32 Å². The molecule has 2 N–H and O–H groups in total. The number of pyridine rings is 2. The van der Waals surface area contributed by atoms with E-state index < -0.39 is 0 Å². The molecule has 7 heteroatoms. The average Bonchev–Trinajstić information content (AvgIpc) is 2.87. The van der Waals surface area contributed by atoms with Crippen LogP contribution in [0.3, 0.4) is 0 Å². The highest BCUT2D eigenvalue weighted by Crippen LogP contribution is 2.26. The summed E-state index contributed by atoms with van der Waals surface area (Å²) in [4.78, 5) is 22.0. The molecule has 0 unspecified atom stereocenters. The molecular weight excluding hydrogens is 460 g/mol. The van der Waals surface area contributed by atoms with E-state index in [1.165, 1.54) is 0 Å². The van der Waals surface area contributed by atoms with Gasteiger partial charge < -0.3 is 15.4 Å². The third-order valence-electron chi connectivity index (χ3n) is 6.26. The first-order chi connectivity index (χ1) is 16.6. The standard InChI is InChI=1S/C28H28N4O2.ClH/c1-19-8-15-23(16-9-19)34-28-24(6-4-18-29-28)27(33)31-22-13-11-21(12-14-22)30-26-17-10-20-5-2-3-7-25(20)32-26;/h2-10,15-18,21-22H,11-14H2,1H3,(H,30,32)(H,31,33);1H. The number of aromatic nitrogens is 2. The maximum atomic E-state index is 13.0. The highest BCUT2D eigenvalue weighted by atomic mass is 35.5. The van der Waals surface area contributed by atoms with E-state index in [1.54, 1.807) is 18.3 Å². The van der Waals surface area contributed by atoms with Crippen LogP contribution in [0.1, 0.15) is 41.6 Å². The van der Waals surface area contributed by atoms with Crippen molar-refractivity contribution in [1.82, 2.24) is 15.3 Å². The van der Waals surface area contributed by atoms with Crippen LogP contribution in [0.2, 0.25) is 0 Å². The number of carbonyl (C=O) groups excluding carboxylic acids is 1. The van der Waals surface area contributed by atoms with E-state index in [4.69, 9.17) is 9.72 Å². The Kier molecular flexibility index (Phi) is 7.83. The van der Waals surface area contributed by atoms with Gasteiger partial charge in [0, 0.05) is 23.7 Å². The maximum Gasteiger partial charge on any atom is 0.257 e. The number of halogens is 1. The van der Waals surface area contributed by atoms with Crippen LogP contribution < -0.4 is 15.4 Å². The molecule has 0 aliphatic heterocycles. The number of rotatable bonds is 6. The predicted octanol–water partition coefficient (Wildman–Crippen LogP) is 6.31. The molecule has 0 saturated heterocycles. The SMILES string of the molecule is Cc1ccc(Oc2ncccc2C(=O)NC2CCC(Nc3ccc4ccccc4n3)CC2)cc1.Cl. The van der Waals surface area contributed by atoms with Crippen LogP contribution in [-0.4, -0.2) is 28.0 Å². The highest BCUT2D eigenvalue weighted by molar-refractivity contribution is 5.96. The maximum absolute atomic E-state index is 13.0. The molecule has 0 spiro atoms. The van der Waals surface area contributed by atoms with Crippen LogP contribution in [0.15, 0.2) is 79.0 Å². The Morgan fingerprint density at radius 2 is 1.63 bits per heavy atom. The summed E-state index contributed by atoms with van der Waals surface area (Å²) in [5.74, 6) is 1.73. The zero-order chi connectivity index (χ0) is 23.3. The molecule has 1 amide bonds. The summed E-state index contributed by atoms with van der Waals surface area (Å²) in [5, 5.41) is 7.88. The number of hydrogen-bond donors (Lipinski definition) is 2. The number of aryl methyl sites for hydroxylation is 1. The van der Waals surface area contributed by atoms with Crippen LogP contribution in [0.25, 0.3) is 10.9 Å². The first-order valence-corrected chi connectivity index (χ1v) is 11.8. The highest BCUT2D eigenvalue weighted by Gasteiger charge is 2.24. The number of carbonyl (C=O) groups is 1. The van der Waals surface area contributed by atoms with E-state index in [-0.39, 0.29) is 24.4 Å². The molecule has 0 bridgehead atoms. The zero-order valence-corrected chi connectivity index (χ0v) is 20.4. The molecule has 2 aromatic heterocycles. The third kappa shape index (κ3) is 6.08. The number of ether oxygens (including phenoxy) is 1. The van der Waals surface area contributed by atoms with Gasteiger partial charge in [0.2, 0.25) is 5.88 Å². The van der Waals surface area contributed by atoms with E-state index >= 15 is 0 Å². The molecule has 1 aliphatic carbocycles. The van der Waals surface area contributed by atoms with E-state index in [0.29, 0.717) is 23.2 Å². The largest absolute Gasteiger partial charge is 0.438 e. The first kappa shape index (κ1) is 24.5. The fraction of sp³-hybridized carbons (Fsp3) is 0.250. The van der Waals surface area contributed by atoms with Gasteiger partial charge >= 0.3 is 0 Å². The molecule has 2 aromatic carbocycles. The van der Waals surface area contributed by atoms with E-state index in [0.717, 1.165) is 48.0 Å². The first-order valence-electron chi connectivity index (χ1n) is 11.8.